The molecule has 2 aromatic heterocycles. The van der Waals surface area contributed by atoms with Crippen LogP contribution in [0.3, 0.4) is 0 Å². The average molecular weight is 465 g/mol. The SMILES string of the molecule is CN(CC(=O)Cc1ccc(Cl)cc1)c1nc(-c2cc(OC3COC3)ccn2)nc2c1CCC2. The third-order valence-corrected chi connectivity index (χ3v) is 6.12. The summed E-state index contributed by atoms with van der Waals surface area (Å²) in [4.78, 5) is 28.8. The van der Waals surface area contributed by atoms with Crippen molar-refractivity contribution in [3.8, 4) is 17.3 Å². The van der Waals surface area contributed by atoms with Gasteiger partial charge in [-0.1, -0.05) is 23.7 Å². The van der Waals surface area contributed by atoms with Crippen LogP contribution >= 0.6 is 11.6 Å². The largest absolute Gasteiger partial charge is 0.485 e. The van der Waals surface area contributed by atoms with Gasteiger partial charge in [-0.25, -0.2) is 9.97 Å². The van der Waals surface area contributed by atoms with Crippen molar-refractivity contribution < 1.29 is 14.3 Å². The molecular weight excluding hydrogens is 440 g/mol. The number of aromatic nitrogens is 3. The number of fused-ring (bicyclic) bond motifs is 1. The first kappa shape index (κ1) is 21.8. The van der Waals surface area contributed by atoms with Crippen molar-refractivity contribution in [3.05, 3.63) is 64.4 Å². The van der Waals surface area contributed by atoms with Gasteiger partial charge >= 0.3 is 0 Å². The molecule has 1 saturated heterocycles. The van der Waals surface area contributed by atoms with E-state index in [0.29, 0.717) is 36.2 Å². The molecule has 7 nitrogen and oxygen atoms in total. The molecule has 0 bridgehead atoms. The first-order valence-corrected chi connectivity index (χ1v) is 11.5. The molecule has 1 aliphatic heterocycles. The van der Waals surface area contributed by atoms with Gasteiger partial charge in [-0.05, 0) is 43.0 Å². The minimum atomic E-state index is 0.0783. The van der Waals surface area contributed by atoms with Crippen LogP contribution in [0.2, 0.25) is 5.02 Å². The van der Waals surface area contributed by atoms with E-state index < -0.39 is 0 Å². The zero-order valence-electron chi connectivity index (χ0n) is 18.5. The van der Waals surface area contributed by atoms with Crippen LogP contribution in [-0.2, 0) is 28.8 Å². The lowest BCUT2D eigenvalue weighted by atomic mass is 10.1. The number of Topliss-reactive ketones (excluding diaryl/α,β-unsaturated/α-hetero) is 1. The molecule has 170 valence electrons. The minimum absolute atomic E-state index is 0.0783. The lowest BCUT2D eigenvalue weighted by Gasteiger charge is -2.26. The Bertz CT molecular complexity index is 1160. The number of ketones is 1. The summed E-state index contributed by atoms with van der Waals surface area (Å²) in [5.41, 5.74) is 3.76. The summed E-state index contributed by atoms with van der Waals surface area (Å²) in [6.07, 6.45) is 4.99. The number of benzene rings is 1. The minimum Gasteiger partial charge on any atom is -0.485 e. The Labute approximate surface area is 197 Å². The van der Waals surface area contributed by atoms with E-state index in [2.05, 4.69) is 4.98 Å². The zero-order valence-corrected chi connectivity index (χ0v) is 19.2. The number of likely N-dealkylation sites (N-methyl/N-ethyl adjacent to an activating group) is 1. The summed E-state index contributed by atoms with van der Waals surface area (Å²) in [5, 5.41) is 0.663. The molecule has 33 heavy (non-hydrogen) atoms. The van der Waals surface area contributed by atoms with Gasteiger partial charge in [0, 0.05) is 42.0 Å². The molecule has 1 fully saturated rings. The number of aryl methyl sites for hydroxylation is 1. The second-order valence-electron chi connectivity index (χ2n) is 8.50. The molecule has 2 aliphatic rings. The Morgan fingerprint density at radius 2 is 2.00 bits per heavy atom. The fraction of sp³-hybridized carbons (Fsp3) is 0.360. The fourth-order valence-corrected chi connectivity index (χ4v) is 4.28. The highest BCUT2D eigenvalue weighted by atomic mass is 35.5. The molecule has 3 heterocycles. The van der Waals surface area contributed by atoms with Gasteiger partial charge in [-0.3, -0.25) is 9.78 Å². The number of carbonyl (C=O) groups excluding carboxylic acids is 1. The average Bonchev–Trinajstić information content (AvgIpc) is 3.26. The Morgan fingerprint density at radius 1 is 1.18 bits per heavy atom. The van der Waals surface area contributed by atoms with Gasteiger partial charge in [-0.15, -0.1) is 0 Å². The number of hydrogen-bond acceptors (Lipinski definition) is 7. The van der Waals surface area contributed by atoms with Crippen LogP contribution in [0, 0.1) is 0 Å². The Balaban J connectivity index is 1.37. The highest BCUT2D eigenvalue weighted by molar-refractivity contribution is 6.30. The van der Waals surface area contributed by atoms with Gasteiger partial charge < -0.3 is 14.4 Å². The van der Waals surface area contributed by atoms with Crippen molar-refractivity contribution in [2.45, 2.75) is 31.8 Å². The van der Waals surface area contributed by atoms with Crippen LogP contribution in [0.1, 0.15) is 23.2 Å². The van der Waals surface area contributed by atoms with E-state index in [-0.39, 0.29) is 18.4 Å². The van der Waals surface area contributed by atoms with E-state index in [0.717, 1.165) is 47.7 Å². The van der Waals surface area contributed by atoms with Gasteiger partial charge in [-0.2, -0.15) is 0 Å². The second-order valence-corrected chi connectivity index (χ2v) is 8.94. The summed E-state index contributed by atoms with van der Waals surface area (Å²) in [6.45, 7) is 1.47. The van der Waals surface area contributed by atoms with Gasteiger partial charge in [0.15, 0.2) is 11.6 Å². The molecule has 0 spiro atoms. The van der Waals surface area contributed by atoms with Crippen molar-refractivity contribution in [3.63, 3.8) is 0 Å². The Kier molecular flexibility index (Phi) is 6.24. The van der Waals surface area contributed by atoms with Crippen molar-refractivity contribution in [2.24, 2.45) is 0 Å². The molecule has 5 rings (SSSR count). The summed E-state index contributed by atoms with van der Waals surface area (Å²) in [5.74, 6) is 2.20. The van der Waals surface area contributed by atoms with E-state index >= 15 is 0 Å². The number of pyridine rings is 1. The molecule has 8 heteroatoms. The van der Waals surface area contributed by atoms with Crippen molar-refractivity contribution in [1.82, 2.24) is 15.0 Å². The molecule has 0 atom stereocenters. The van der Waals surface area contributed by atoms with Gasteiger partial charge in [0.1, 0.15) is 23.4 Å². The maximum absolute atomic E-state index is 12.8. The maximum atomic E-state index is 12.8. The van der Waals surface area contributed by atoms with Crippen molar-refractivity contribution >= 4 is 23.2 Å². The molecule has 1 aliphatic carbocycles. The van der Waals surface area contributed by atoms with Gasteiger partial charge in [0.2, 0.25) is 0 Å². The summed E-state index contributed by atoms with van der Waals surface area (Å²) < 4.78 is 11.1. The molecule has 0 saturated carbocycles. The van der Waals surface area contributed by atoms with Crippen molar-refractivity contribution in [2.75, 3.05) is 31.7 Å². The Hall–Kier alpha value is -3.03. The quantitative estimate of drug-likeness (QED) is 0.503. The third-order valence-electron chi connectivity index (χ3n) is 5.87. The fourth-order valence-electron chi connectivity index (χ4n) is 4.15. The highest BCUT2D eigenvalue weighted by Crippen LogP contribution is 2.31. The molecule has 1 aromatic carbocycles. The van der Waals surface area contributed by atoms with Gasteiger partial charge in [0.25, 0.3) is 0 Å². The lowest BCUT2D eigenvalue weighted by molar-refractivity contribution is -0.117. The van der Waals surface area contributed by atoms with Crippen LogP contribution in [0.5, 0.6) is 5.75 Å². The molecular formula is C25H25ClN4O3. The standard InChI is InChI=1S/C25H25ClN4O3/c1-30(13-18(31)11-16-5-7-17(26)8-6-16)25-21-3-2-4-22(21)28-24(29-25)23-12-19(9-10-27-23)33-20-14-32-15-20/h5-10,12,20H,2-4,11,13-15H2,1H3. The van der Waals surface area contributed by atoms with Crippen LogP contribution in [-0.4, -0.2) is 53.6 Å². The predicted molar refractivity (Wildman–Crippen MR) is 126 cm³/mol. The molecule has 3 aromatic rings. The normalized spacial score (nSPS) is 15.1. The second kappa shape index (κ2) is 9.45. The third kappa shape index (κ3) is 4.99. The number of nitrogens with zero attached hydrogens (tertiary/aromatic N) is 4. The van der Waals surface area contributed by atoms with Crippen molar-refractivity contribution in [1.29, 1.82) is 0 Å². The number of hydrogen-bond donors (Lipinski definition) is 0. The monoisotopic (exact) mass is 464 g/mol. The molecule has 0 radical (unpaired) electrons. The summed E-state index contributed by atoms with van der Waals surface area (Å²) >= 11 is 5.95. The van der Waals surface area contributed by atoms with E-state index in [1.54, 1.807) is 18.3 Å². The van der Waals surface area contributed by atoms with Crippen LogP contribution in [0.25, 0.3) is 11.5 Å². The maximum Gasteiger partial charge on any atom is 0.180 e. The number of rotatable bonds is 8. The number of ether oxygens (including phenoxy) is 2. The van der Waals surface area contributed by atoms with Crippen LogP contribution < -0.4 is 9.64 Å². The smallest absolute Gasteiger partial charge is 0.180 e. The molecule has 0 amide bonds. The number of halogens is 1. The molecule has 0 N–H and O–H groups in total. The van der Waals surface area contributed by atoms with E-state index in [9.17, 15) is 4.79 Å². The number of anilines is 1. The van der Waals surface area contributed by atoms with Crippen LogP contribution in [0.15, 0.2) is 42.6 Å². The van der Waals surface area contributed by atoms with Crippen LogP contribution in [0.4, 0.5) is 5.82 Å². The Morgan fingerprint density at radius 3 is 2.76 bits per heavy atom. The highest BCUT2D eigenvalue weighted by Gasteiger charge is 2.24. The summed E-state index contributed by atoms with van der Waals surface area (Å²) in [7, 11) is 1.91. The molecule has 0 unspecified atom stereocenters. The van der Waals surface area contributed by atoms with E-state index in [1.165, 1.54) is 0 Å². The number of carbonyl (C=O) groups is 1. The topological polar surface area (TPSA) is 77.4 Å². The first-order chi connectivity index (χ1) is 16.0. The van der Waals surface area contributed by atoms with E-state index in [4.69, 9.17) is 31.0 Å². The van der Waals surface area contributed by atoms with E-state index in [1.807, 2.05) is 36.2 Å². The zero-order chi connectivity index (χ0) is 22.8. The predicted octanol–water partition coefficient (Wildman–Crippen LogP) is 3.71. The summed E-state index contributed by atoms with van der Waals surface area (Å²) in [6, 6.07) is 11.1. The van der Waals surface area contributed by atoms with Gasteiger partial charge in [0.05, 0.1) is 19.8 Å². The first-order valence-electron chi connectivity index (χ1n) is 11.1. The lowest BCUT2D eigenvalue weighted by Crippen LogP contribution is -2.38.